The lowest BCUT2D eigenvalue weighted by molar-refractivity contribution is -0.151. The van der Waals surface area contributed by atoms with Crippen molar-refractivity contribution >= 4 is 29.2 Å². The smallest absolute Gasteiger partial charge is 0.311 e. The first-order valence-corrected chi connectivity index (χ1v) is 10.1. The Balaban J connectivity index is 1.60. The molecule has 1 saturated heterocycles. The SMILES string of the molecule is COc1ccc(OC)c(NC(=O)COC(=O)[C@H]2CC(=O)N(c3ccc(OC)cc3OC)C2)c1. The molecule has 10 heteroatoms. The van der Waals surface area contributed by atoms with E-state index >= 15 is 0 Å². The molecule has 0 aromatic heterocycles. The normalized spacial score (nSPS) is 15.1. The number of carbonyl (C=O) groups excluding carboxylic acids is 3. The molecule has 1 heterocycles. The van der Waals surface area contributed by atoms with E-state index in [0.717, 1.165) is 0 Å². The van der Waals surface area contributed by atoms with Gasteiger partial charge >= 0.3 is 5.97 Å². The highest BCUT2D eigenvalue weighted by molar-refractivity contribution is 6.01. The standard InChI is InChI=1S/C23H26N2O8/c1-29-15-6-8-19(31-3)17(10-15)24-21(26)13-33-23(28)14-9-22(27)25(12-14)18-7-5-16(30-2)11-20(18)32-4/h5-8,10-11,14H,9,12-13H2,1-4H3,(H,24,26)/t14-/m0/s1. The first-order valence-electron chi connectivity index (χ1n) is 10.1. The number of hydrogen-bond acceptors (Lipinski definition) is 8. The van der Waals surface area contributed by atoms with Crippen LogP contribution in [-0.4, -0.2) is 59.4 Å². The fourth-order valence-electron chi connectivity index (χ4n) is 3.46. The van der Waals surface area contributed by atoms with Crippen LogP contribution in [0.3, 0.4) is 0 Å². The van der Waals surface area contributed by atoms with Gasteiger partial charge in [0.2, 0.25) is 5.91 Å². The van der Waals surface area contributed by atoms with Gasteiger partial charge < -0.3 is 33.9 Å². The number of nitrogens with zero attached hydrogens (tertiary/aromatic N) is 1. The van der Waals surface area contributed by atoms with E-state index in [-0.39, 0.29) is 18.9 Å². The van der Waals surface area contributed by atoms with Gasteiger partial charge in [-0.25, -0.2) is 0 Å². The molecule has 2 aromatic rings. The fourth-order valence-corrected chi connectivity index (χ4v) is 3.46. The maximum absolute atomic E-state index is 12.5. The van der Waals surface area contributed by atoms with Gasteiger partial charge in [0.05, 0.1) is 45.7 Å². The summed E-state index contributed by atoms with van der Waals surface area (Å²) >= 11 is 0. The molecule has 0 spiro atoms. The second kappa shape index (κ2) is 10.6. The predicted molar refractivity (Wildman–Crippen MR) is 119 cm³/mol. The van der Waals surface area contributed by atoms with E-state index in [1.54, 1.807) is 36.4 Å². The summed E-state index contributed by atoms with van der Waals surface area (Å²) in [6, 6.07) is 9.98. The zero-order valence-electron chi connectivity index (χ0n) is 18.9. The van der Waals surface area contributed by atoms with Crippen molar-refractivity contribution in [3.63, 3.8) is 0 Å². The lowest BCUT2D eigenvalue weighted by atomic mass is 10.1. The Hall–Kier alpha value is -3.95. The Morgan fingerprint density at radius 1 is 0.939 bits per heavy atom. The van der Waals surface area contributed by atoms with Gasteiger partial charge in [-0.3, -0.25) is 14.4 Å². The average Bonchev–Trinajstić information content (AvgIpc) is 3.23. The van der Waals surface area contributed by atoms with Gasteiger partial charge in [0, 0.05) is 25.1 Å². The topological polar surface area (TPSA) is 113 Å². The molecule has 2 aromatic carbocycles. The van der Waals surface area contributed by atoms with Crippen molar-refractivity contribution in [3.05, 3.63) is 36.4 Å². The summed E-state index contributed by atoms with van der Waals surface area (Å²) in [6.07, 6.45) is -0.0284. The molecule has 1 aliphatic rings. The van der Waals surface area contributed by atoms with Crippen molar-refractivity contribution in [2.24, 2.45) is 5.92 Å². The van der Waals surface area contributed by atoms with Crippen LogP contribution in [0.15, 0.2) is 36.4 Å². The molecule has 2 amide bonds. The van der Waals surface area contributed by atoms with Gasteiger partial charge in [-0.2, -0.15) is 0 Å². The van der Waals surface area contributed by atoms with Gasteiger partial charge in [0.25, 0.3) is 5.91 Å². The minimum Gasteiger partial charge on any atom is -0.497 e. The minimum absolute atomic E-state index is 0.0284. The molecule has 1 N–H and O–H groups in total. The number of methoxy groups -OCH3 is 4. The van der Waals surface area contributed by atoms with Gasteiger partial charge in [-0.15, -0.1) is 0 Å². The molecule has 1 aliphatic heterocycles. The van der Waals surface area contributed by atoms with Crippen LogP contribution >= 0.6 is 0 Å². The molecule has 3 rings (SSSR count). The fraction of sp³-hybridized carbons (Fsp3) is 0.348. The van der Waals surface area contributed by atoms with Crippen molar-refractivity contribution in [3.8, 4) is 23.0 Å². The number of rotatable bonds is 9. The summed E-state index contributed by atoms with van der Waals surface area (Å²) in [5.74, 6) is -0.142. The first kappa shape index (κ1) is 23.7. The van der Waals surface area contributed by atoms with Crippen molar-refractivity contribution in [2.75, 3.05) is 51.8 Å². The highest BCUT2D eigenvalue weighted by Crippen LogP contribution is 2.36. The van der Waals surface area contributed by atoms with E-state index in [0.29, 0.717) is 34.4 Å². The van der Waals surface area contributed by atoms with Crippen LogP contribution in [0, 0.1) is 5.92 Å². The predicted octanol–water partition coefficient (Wildman–Crippen LogP) is 2.26. The third kappa shape index (κ3) is 5.46. The highest BCUT2D eigenvalue weighted by Gasteiger charge is 2.37. The second-order valence-electron chi connectivity index (χ2n) is 7.17. The molecule has 0 aliphatic carbocycles. The monoisotopic (exact) mass is 458 g/mol. The zero-order valence-corrected chi connectivity index (χ0v) is 18.9. The lowest BCUT2D eigenvalue weighted by Gasteiger charge is -2.20. The Kier molecular flexibility index (Phi) is 7.60. The Bertz CT molecular complexity index is 1040. The van der Waals surface area contributed by atoms with Crippen molar-refractivity contribution in [1.29, 1.82) is 0 Å². The van der Waals surface area contributed by atoms with Crippen LogP contribution in [0.5, 0.6) is 23.0 Å². The molecule has 176 valence electrons. The average molecular weight is 458 g/mol. The quantitative estimate of drug-likeness (QED) is 0.570. The van der Waals surface area contributed by atoms with E-state index in [1.807, 2.05) is 0 Å². The van der Waals surface area contributed by atoms with Gasteiger partial charge in [0.15, 0.2) is 6.61 Å². The van der Waals surface area contributed by atoms with Crippen LogP contribution < -0.4 is 29.2 Å². The van der Waals surface area contributed by atoms with E-state index in [9.17, 15) is 14.4 Å². The third-order valence-corrected chi connectivity index (χ3v) is 5.16. The number of ether oxygens (including phenoxy) is 5. The molecule has 0 bridgehead atoms. The zero-order chi connectivity index (χ0) is 24.0. The van der Waals surface area contributed by atoms with Crippen LogP contribution in [0.2, 0.25) is 0 Å². The molecule has 1 atom stereocenters. The highest BCUT2D eigenvalue weighted by atomic mass is 16.5. The number of amides is 2. The van der Waals surface area contributed by atoms with Crippen LogP contribution in [0.4, 0.5) is 11.4 Å². The molecular weight excluding hydrogens is 432 g/mol. The van der Waals surface area contributed by atoms with E-state index < -0.39 is 24.4 Å². The molecule has 10 nitrogen and oxygen atoms in total. The lowest BCUT2D eigenvalue weighted by Crippen LogP contribution is -2.28. The molecule has 33 heavy (non-hydrogen) atoms. The minimum atomic E-state index is -0.705. The Morgan fingerprint density at radius 2 is 1.61 bits per heavy atom. The first-order chi connectivity index (χ1) is 15.9. The largest absolute Gasteiger partial charge is 0.497 e. The summed E-state index contributed by atoms with van der Waals surface area (Å²) in [5.41, 5.74) is 0.910. The number of carbonyl (C=O) groups is 3. The summed E-state index contributed by atoms with van der Waals surface area (Å²) in [5, 5.41) is 2.62. The van der Waals surface area contributed by atoms with Crippen LogP contribution in [0.25, 0.3) is 0 Å². The Labute approximate surface area is 191 Å². The van der Waals surface area contributed by atoms with Crippen molar-refractivity contribution < 1.29 is 38.1 Å². The number of anilines is 2. The van der Waals surface area contributed by atoms with Gasteiger partial charge in [-0.1, -0.05) is 0 Å². The summed E-state index contributed by atoms with van der Waals surface area (Å²) in [7, 11) is 5.99. The Morgan fingerprint density at radius 3 is 2.27 bits per heavy atom. The van der Waals surface area contributed by atoms with Crippen LogP contribution in [0.1, 0.15) is 6.42 Å². The van der Waals surface area contributed by atoms with E-state index in [2.05, 4.69) is 5.32 Å². The molecule has 0 unspecified atom stereocenters. The van der Waals surface area contributed by atoms with Gasteiger partial charge in [0.1, 0.15) is 23.0 Å². The van der Waals surface area contributed by atoms with Crippen LogP contribution in [-0.2, 0) is 19.1 Å². The maximum atomic E-state index is 12.5. The summed E-state index contributed by atoms with van der Waals surface area (Å²) in [4.78, 5) is 38.8. The number of hydrogen-bond donors (Lipinski definition) is 1. The maximum Gasteiger partial charge on any atom is 0.311 e. The molecular formula is C23H26N2O8. The second-order valence-corrected chi connectivity index (χ2v) is 7.17. The molecule has 0 radical (unpaired) electrons. The number of esters is 1. The third-order valence-electron chi connectivity index (χ3n) is 5.16. The van der Waals surface area contributed by atoms with Crippen molar-refractivity contribution in [1.82, 2.24) is 0 Å². The molecule has 0 saturated carbocycles. The summed E-state index contributed by atoms with van der Waals surface area (Å²) < 4.78 is 26.0. The van der Waals surface area contributed by atoms with Crippen molar-refractivity contribution in [2.45, 2.75) is 6.42 Å². The molecule has 1 fully saturated rings. The number of benzene rings is 2. The van der Waals surface area contributed by atoms with Gasteiger partial charge in [-0.05, 0) is 24.3 Å². The summed E-state index contributed by atoms with van der Waals surface area (Å²) in [6.45, 7) is -0.387. The van der Waals surface area contributed by atoms with E-state index in [4.69, 9.17) is 23.7 Å². The number of nitrogens with one attached hydrogen (secondary N) is 1. The van der Waals surface area contributed by atoms with E-state index in [1.165, 1.54) is 33.3 Å².